The van der Waals surface area contributed by atoms with Crippen LogP contribution in [0.1, 0.15) is 22.8 Å². The summed E-state index contributed by atoms with van der Waals surface area (Å²) >= 11 is 5.90. The number of halogens is 1. The lowest BCUT2D eigenvalue weighted by molar-refractivity contribution is -0.110. The lowest BCUT2D eigenvalue weighted by atomic mass is 10.0. The average Bonchev–Trinajstić information content (AvgIpc) is 2.91. The fourth-order valence-electron chi connectivity index (χ4n) is 2.74. The molecule has 2 aromatic rings. The summed E-state index contributed by atoms with van der Waals surface area (Å²) in [4.78, 5) is 26.1. The molecule has 0 spiro atoms. The van der Waals surface area contributed by atoms with E-state index in [-0.39, 0.29) is 11.8 Å². The Balaban J connectivity index is 2.00. The molecule has 0 radical (unpaired) electrons. The summed E-state index contributed by atoms with van der Waals surface area (Å²) in [6.07, 6.45) is 0. The van der Waals surface area contributed by atoms with E-state index in [4.69, 9.17) is 11.6 Å². The number of nitrogens with zero attached hydrogens (tertiary/aromatic N) is 1. The van der Waals surface area contributed by atoms with Crippen LogP contribution in [0.4, 0.5) is 11.4 Å². The predicted octanol–water partition coefficient (Wildman–Crippen LogP) is 3.84. The molecule has 2 aromatic carbocycles. The van der Waals surface area contributed by atoms with E-state index in [0.29, 0.717) is 27.5 Å². The molecule has 1 aliphatic rings. The molecule has 25 heavy (non-hydrogen) atoms. The Morgan fingerprint density at radius 2 is 1.80 bits per heavy atom. The van der Waals surface area contributed by atoms with Crippen LogP contribution in [0, 0.1) is 0 Å². The largest absolute Gasteiger partial charge is 0.358 e. The Hall–Kier alpha value is -2.79. The van der Waals surface area contributed by atoms with Crippen LogP contribution in [-0.4, -0.2) is 30.8 Å². The summed E-state index contributed by atoms with van der Waals surface area (Å²) in [6, 6.07) is 12.5. The predicted molar refractivity (Wildman–Crippen MR) is 101 cm³/mol. The molecule has 6 heteroatoms. The summed E-state index contributed by atoms with van der Waals surface area (Å²) in [6.45, 7) is 1.83. The van der Waals surface area contributed by atoms with Gasteiger partial charge in [0.1, 0.15) is 0 Å². The first-order valence-corrected chi connectivity index (χ1v) is 8.15. The molecule has 0 bridgehead atoms. The van der Waals surface area contributed by atoms with Gasteiger partial charge in [-0.15, -0.1) is 0 Å². The molecule has 0 fully saturated rings. The van der Waals surface area contributed by atoms with Crippen LogP contribution in [0.25, 0.3) is 5.57 Å². The first-order valence-electron chi connectivity index (χ1n) is 7.77. The van der Waals surface area contributed by atoms with Crippen LogP contribution >= 0.6 is 11.6 Å². The molecule has 2 amide bonds. The molecule has 1 aliphatic heterocycles. The number of carbonyl (C=O) groups is 2. The number of hydrogen-bond donors (Lipinski definition) is 2. The maximum Gasteiger partial charge on any atom is 0.258 e. The van der Waals surface area contributed by atoms with Crippen LogP contribution < -0.4 is 10.6 Å². The maximum atomic E-state index is 12.4. The number of nitrogens with one attached hydrogen (secondary N) is 2. The van der Waals surface area contributed by atoms with Crippen LogP contribution in [0.3, 0.4) is 0 Å². The first-order chi connectivity index (χ1) is 11.9. The van der Waals surface area contributed by atoms with Gasteiger partial charge in [-0.3, -0.25) is 9.59 Å². The number of anilines is 2. The van der Waals surface area contributed by atoms with Crippen molar-refractivity contribution < 1.29 is 9.59 Å². The topological polar surface area (TPSA) is 61.4 Å². The van der Waals surface area contributed by atoms with E-state index in [0.717, 1.165) is 11.3 Å². The summed E-state index contributed by atoms with van der Waals surface area (Å²) < 4.78 is 0. The number of hydrogen-bond acceptors (Lipinski definition) is 3. The lowest BCUT2D eigenvalue weighted by Crippen LogP contribution is -2.21. The Kier molecular flexibility index (Phi) is 4.51. The highest BCUT2D eigenvalue weighted by Crippen LogP contribution is 2.35. The molecule has 0 atom stereocenters. The summed E-state index contributed by atoms with van der Waals surface area (Å²) in [7, 11) is 3.39. The quantitative estimate of drug-likeness (QED) is 0.822. The van der Waals surface area contributed by atoms with E-state index < -0.39 is 0 Å². The number of carbonyl (C=O) groups excluding carboxylic acids is 2. The molecule has 1 heterocycles. The highest BCUT2D eigenvalue weighted by atomic mass is 35.5. The third kappa shape index (κ3) is 3.37. The van der Waals surface area contributed by atoms with Crippen molar-refractivity contribution in [1.29, 1.82) is 0 Å². The van der Waals surface area contributed by atoms with Crippen LogP contribution in [-0.2, 0) is 4.79 Å². The monoisotopic (exact) mass is 355 g/mol. The second-order valence-electron chi connectivity index (χ2n) is 6.05. The van der Waals surface area contributed by atoms with E-state index in [1.54, 1.807) is 44.4 Å². The molecule has 0 aliphatic carbocycles. The minimum absolute atomic E-state index is 0.107. The van der Waals surface area contributed by atoms with Gasteiger partial charge in [0.15, 0.2) is 0 Å². The Morgan fingerprint density at radius 1 is 1.12 bits per heavy atom. The SMILES string of the molecule is CC(Nc1ccc(Cl)cc1)=C1C(=O)Nc2ccc(C(=O)N(C)C)cc21. The fraction of sp³-hybridized carbons (Fsp3) is 0.158. The lowest BCUT2D eigenvalue weighted by Gasteiger charge is -2.12. The van der Waals surface area contributed by atoms with Gasteiger partial charge in [-0.25, -0.2) is 0 Å². The summed E-state index contributed by atoms with van der Waals surface area (Å²) in [5, 5.41) is 6.70. The van der Waals surface area contributed by atoms with Crippen molar-refractivity contribution in [3.05, 3.63) is 64.3 Å². The second-order valence-corrected chi connectivity index (χ2v) is 6.48. The number of benzene rings is 2. The van der Waals surface area contributed by atoms with E-state index in [1.807, 2.05) is 19.1 Å². The molecule has 0 unspecified atom stereocenters. The third-order valence-corrected chi connectivity index (χ3v) is 4.22. The Bertz CT molecular complexity index is 886. The molecule has 0 saturated heterocycles. The van der Waals surface area contributed by atoms with Crippen molar-refractivity contribution in [2.75, 3.05) is 24.7 Å². The van der Waals surface area contributed by atoms with Gasteiger partial charge in [-0.2, -0.15) is 0 Å². The molecule has 3 rings (SSSR count). The van der Waals surface area contributed by atoms with Gasteiger partial charge in [0.05, 0.1) is 5.57 Å². The van der Waals surface area contributed by atoms with E-state index in [9.17, 15) is 9.59 Å². The second kappa shape index (κ2) is 6.61. The maximum absolute atomic E-state index is 12.4. The zero-order valence-corrected chi connectivity index (χ0v) is 14.9. The van der Waals surface area contributed by atoms with Gasteiger partial charge < -0.3 is 15.5 Å². The van der Waals surface area contributed by atoms with Gasteiger partial charge in [-0.1, -0.05) is 11.6 Å². The number of rotatable bonds is 3. The fourth-order valence-corrected chi connectivity index (χ4v) is 2.87. The van der Waals surface area contributed by atoms with Crippen LogP contribution in [0.15, 0.2) is 48.2 Å². The third-order valence-electron chi connectivity index (χ3n) is 3.97. The van der Waals surface area contributed by atoms with Gasteiger partial charge in [0, 0.05) is 47.3 Å². The zero-order chi connectivity index (χ0) is 18.1. The minimum Gasteiger partial charge on any atom is -0.358 e. The Morgan fingerprint density at radius 3 is 2.44 bits per heavy atom. The summed E-state index contributed by atoms with van der Waals surface area (Å²) in [5.41, 5.74) is 4.02. The van der Waals surface area contributed by atoms with E-state index in [2.05, 4.69) is 10.6 Å². The van der Waals surface area contributed by atoms with Crippen molar-refractivity contribution in [3.8, 4) is 0 Å². The van der Waals surface area contributed by atoms with Gasteiger partial charge in [-0.05, 0) is 49.4 Å². The first kappa shape index (κ1) is 17.0. The van der Waals surface area contributed by atoms with Gasteiger partial charge in [0.25, 0.3) is 11.8 Å². The molecule has 128 valence electrons. The molecule has 5 nitrogen and oxygen atoms in total. The van der Waals surface area contributed by atoms with Crippen molar-refractivity contribution >= 4 is 40.4 Å². The number of amides is 2. The van der Waals surface area contributed by atoms with E-state index >= 15 is 0 Å². The standard InChI is InChI=1S/C19H18ClN3O2/c1-11(21-14-7-5-13(20)6-8-14)17-15-10-12(19(25)23(2)3)4-9-16(15)22-18(17)24/h4-10,21H,1-3H3,(H,22,24). The molecule has 2 N–H and O–H groups in total. The van der Waals surface area contributed by atoms with Crippen molar-refractivity contribution in [1.82, 2.24) is 4.90 Å². The Labute approximate surface area is 151 Å². The smallest absolute Gasteiger partial charge is 0.258 e. The highest BCUT2D eigenvalue weighted by molar-refractivity contribution is 6.32. The average molecular weight is 356 g/mol. The normalized spacial score (nSPS) is 14.6. The molecular formula is C19H18ClN3O2. The van der Waals surface area contributed by atoms with E-state index in [1.165, 1.54) is 4.90 Å². The van der Waals surface area contributed by atoms with Crippen LogP contribution in [0.2, 0.25) is 5.02 Å². The molecule has 0 saturated carbocycles. The molecule has 0 aromatic heterocycles. The molecular weight excluding hydrogens is 338 g/mol. The van der Waals surface area contributed by atoms with Gasteiger partial charge >= 0.3 is 0 Å². The number of fused-ring (bicyclic) bond motifs is 1. The van der Waals surface area contributed by atoms with Crippen LogP contribution in [0.5, 0.6) is 0 Å². The zero-order valence-electron chi connectivity index (χ0n) is 14.2. The van der Waals surface area contributed by atoms with Crippen molar-refractivity contribution in [2.45, 2.75) is 6.92 Å². The van der Waals surface area contributed by atoms with Crippen molar-refractivity contribution in [3.63, 3.8) is 0 Å². The van der Waals surface area contributed by atoms with Gasteiger partial charge in [0.2, 0.25) is 0 Å². The summed E-state index contributed by atoms with van der Waals surface area (Å²) in [5.74, 6) is -0.298. The number of allylic oxidation sites excluding steroid dienone is 1. The highest BCUT2D eigenvalue weighted by Gasteiger charge is 2.27. The van der Waals surface area contributed by atoms with Crippen molar-refractivity contribution in [2.24, 2.45) is 0 Å². The minimum atomic E-state index is -0.191.